The Kier molecular flexibility index (Phi) is 4.02. The molecule has 0 atom stereocenters. The predicted molar refractivity (Wildman–Crippen MR) is 71.1 cm³/mol. The fraction of sp³-hybridized carbons (Fsp3) is 0. The number of rotatable bonds is 3. The minimum absolute atomic E-state index is 0.509. The Morgan fingerprint density at radius 1 is 0.941 bits per heavy atom. The van der Waals surface area contributed by atoms with Gasteiger partial charge in [0.1, 0.15) is 0 Å². The van der Waals surface area contributed by atoms with Crippen molar-refractivity contribution in [2.75, 3.05) is 0 Å². The minimum atomic E-state index is 0.509. The molecule has 0 amide bonds. The van der Waals surface area contributed by atoms with Crippen molar-refractivity contribution in [2.45, 2.75) is 0 Å². The molecule has 2 rings (SSSR count). The smallest absolute Gasteiger partial charge is 0.160 e. The van der Waals surface area contributed by atoms with E-state index < -0.39 is 0 Å². The normalized spacial score (nSPS) is 10.7. The summed E-state index contributed by atoms with van der Waals surface area (Å²) in [6.45, 7) is 0. The van der Waals surface area contributed by atoms with Crippen LogP contribution in [0.2, 0.25) is 10.0 Å². The lowest BCUT2D eigenvalue weighted by molar-refractivity contribution is 0.344. The highest BCUT2D eigenvalue weighted by molar-refractivity contribution is 6.34. The summed E-state index contributed by atoms with van der Waals surface area (Å²) in [5.41, 5.74) is 0.959. The first-order valence-electron chi connectivity index (χ1n) is 4.95. The summed E-state index contributed by atoms with van der Waals surface area (Å²) in [7, 11) is 0. The monoisotopic (exact) mass is 265 g/mol. The zero-order chi connectivity index (χ0) is 12.1. The molecule has 0 saturated heterocycles. The Morgan fingerprint density at radius 2 is 1.59 bits per heavy atom. The van der Waals surface area contributed by atoms with Gasteiger partial charge in [0, 0.05) is 22.2 Å². The van der Waals surface area contributed by atoms with Gasteiger partial charge in [0.25, 0.3) is 0 Å². The highest BCUT2D eigenvalue weighted by Gasteiger charge is 1.98. The Labute approximate surface area is 109 Å². The first kappa shape index (κ1) is 12.0. The molecule has 86 valence electrons. The molecule has 0 bridgehead atoms. The van der Waals surface area contributed by atoms with Gasteiger partial charge in [0.15, 0.2) is 5.75 Å². The second-order valence-corrected chi connectivity index (χ2v) is 4.21. The van der Waals surface area contributed by atoms with Gasteiger partial charge in [0.05, 0.1) is 6.21 Å². The molecule has 2 aromatic rings. The third-order valence-electron chi connectivity index (χ3n) is 2.00. The molecule has 0 radical (unpaired) electrons. The van der Waals surface area contributed by atoms with Gasteiger partial charge in [-0.2, -0.15) is 0 Å². The van der Waals surface area contributed by atoms with Gasteiger partial charge >= 0.3 is 0 Å². The number of hydrogen-bond acceptors (Lipinski definition) is 2. The van der Waals surface area contributed by atoms with Gasteiger partial charge in [-0.15, -0.1) is 0 Å². The van der Waals surface area contributed by atoms with Crippen LogP contribution >= 0.6 is 23.2 Å². The Morgan fingerprint density at radius 3 is 2.24 bits per heavy atom. The predicted octanol–water partition coefficient (Wildman–Crippen LogP) is 4.41. The highest BCUT2D eigenvalue weighted by atomic mass is 35.5. The fourth-order valence-corrected chi connectivity index (χ4v) is 1.77. The maximum absolute atomic E-state index is 5.83. The van der Waals surface area contributed by atoms with E-state index in [1.165, 1.54) is 0 Å². The summed E-state index contributed by atoms with van der Waals surface area (Å²) in [6, 6.07) is 14.6. The lowest BCUT2D eigenvalue weighted by Gasteiger charge is -1.99. The van der Waals surface area contributed by atoms with Gasteiger partial charge in [0.2, 0.25) is 0 Å². The van der Waals surface area contributed by atoms with Crippen LogP contribution in [0.15, 0.2) is 53.7 Å². The molecule has 0 aromatic heterocycles. The second-order valence-electron chi connectivity index (χ2n) is 3.34. The van der Waals surface area contributed by atoms with E-state index in [4.69, 9.17) is 28.0 Å². The molecule has 0 N–H and O–H groups in total. The summed E-state index contributed by atoms with van der Waals surface area (Å²) in [6.07, 6.45) is 1.62. The lowest BCUT2D eigenvalue weighted by Crippen LogP contribution is -1.86. The third-order valence-corrected chi connectivity index (χ3v) is 2.43. The van der Waals surface area contributed by atoms with Gasteiger partial charge in [-0.25, -0.2) is 0 Å². The quantitative estimate of drug-likeness (QED) is 0.595. The van der Waals surface area contributed by atoms with Crippen molar-refractivity contribution in [3.63, 3.8) is 0 Å². The van der Waals surface area contributed by atoms with Gasteiger partial charge in [-0.05, 0) is 11.6 Å². The zero-order valence-electron chi connectivity index (χ0n) is 8.81. The van der Waals surface area contributed by atoms with Crippen LogP contribution in [-0.4, -0.2) is 6.21 Å². The molecule has 0 aliphatic rings. The van der Waals surface area contributed by atoms with E-state index in [9.17, 15) is 0 Å². The number of nitrogens with zero attached hydrogens (tertiary/aromatic N) is 1. The van der Waals surface area contributed by atoms with Crippen LogP contribution in [0, 0.1) is 0 Å². The topological polar surface area (TPSA) is 21.6 Å². The molecular weight excluding hydrogens is 257 g/mol. The standard InChI is InChI=1S/C13H9Cl2NO/c14-11-6-12(15)8-13(7-11)17-16-9-10-4-2-1-3-5-10/h1-9H/b16-9+. The van der Waals surface area contributed by atoms with Crippen molar-refractivity contribution < 1.29 is 4.84 Å². The number of benzene rings is 2. The maximum atomic E-state index is 5.83. The molecule has 0 saturated carbocycles. The van der Waals surface area contributed by atoms with Crippen LogP contribution in [0.25, 0.3) is 0 Å². The van der Waals surface area contributed by atoms with E-state index in [0.717, 1.165) is 5.56 Å². The van der Waals surface area contributed by atoms with Gasteiger partial charge in [-0.1, -0.05) is 58.7 Å². The van der Waals surface area contributed by atoms with E-state index in [-0.39, 0.29) is 0 Å². The first-order chi connectivity index (χ1) is 8.24. The molecule has 0 spiro atoms. The SMILES string of the molecule is Clc1cc(Cl)cc(O/N=C/c2ccccc2)c1. The lowest BCUT2D eigenvalue weighted by atomic mass is 10.2. The molecule has 0 unspecified atom stereocenters. The number of hydrogen-bond donors (Lipinski definition) is 0. The zero-order valence-corrected chi connectivity index (χ0v) is 10.3. The van der Waals surface area contributed by atoms with Crippen LogP contribution in [0.1, 0.15) is 5.56 Å². The average molecular weight is 266 g/mol. The van der Waals surface area contributed by atoms with Gasteiger partial charge < -0.3 is 4.84 Å². The molecular formula is C13H9Cl2NO. The van der Waals surface area contributed by atoms with Crippen molar-refractivity contribution in [1.29, 1.82) is 0 Å². The average Bonchev–Trinajstić information content (AvgIpc) is 2.29. The van der Waals surface area contributed by atoms with E-state index in [1.54, 1.807) is 24.4 Å². The Balaban J connectivity index is 2.05. The summed E-state index contributed by atoms with van der Waals surface area (Å²) in [5.74, 6) is 0.509. The van der Waals surface area contributed by atoms with Crippen LogP contribution < -0.4 is 4.84 Å². The molecule has 0 heterocycles. The van der Waals surface area contributed by atoms with Crippen molar-refractivity contribution in [1.82, 2.24) is 0 Å². The molecule has 0 aliphatic carbocycles. The molecule has 0 fully saturated rings. The van der Waals surface area contributed by atoms with Crippen molar-refractivity contribution in [3.05, 3.63) is 64.1 Å². The largest absolute Gasteiger partial charge is 0.357 e. The van der Waals surface area contributed by atoms with E-state index >= 15 is 0 Å². The van der Waals surface area contributed by atoms with Crippen LogP contribution in [-0.2, 0) is 0 Å². The third kappa shape index (κ3) is 3.77. The molecule has 4 heteroatoms. The summed E-state index contributed by atoms with van der Waals surface area (Å²) >= 11 is 11.7. The Bertz CT molecular complexity index is 506. The van der Waals surface area contributed by atoms with Crippen LogP contribution in [0.4, 0.5) is 0 Å². The maximum Gasteiger partial charge on any atom is 0.160 e. The van der Waals surface area contributed by atoms with E-state index in [1.807, 2.05) is 30.3 Å². The van der Waals surface area contributed by atoms with Crippen LogP contribution in [0.5, 0.6) is 5.75 Å². The molecule has 2 aromatic carbocycles. The van der Waals surface area contributed by atoms with Crippen molar-refractivity contribution in [2.24, 2.45) is 5.16 Å². The van der Waals surface area contributed by atoms with Crippen LogP contribution in [0.3, 0.4) is 0 Å². The summed E-state index contributed by atoms with van der Waals surface area (Å²) in [4.78, 5) is 5.17. The number of oxime groups is 1. The van der Waals surface area contributed by atoms with Crippen molar-refractivity contribution in [3.8, 4) is 5.75 Å². The molecule has 17 heavy (non-hydrogen) atoms. The van der Waals surface area contributed by atoms with E-state index in [2.05, 4.69) is 5.16 Å². The van der Waals surface area contributed by atoms with E-state index in [0.29, 0.717) is 15.8 Å². The molecule has 0 aliphatic heterocycles. The van der Waals surface area contributed by atoms with Crippen molar-refractivity contribution >= 4 is 29.4 Å². The van der Waals surface area contributed by atoms with Gasteiger partial charge in [-0.3, -0.25) is 0 Å². The summed E-state index contributed by atoms with van der Waals surface area (Å²) in [5, 5.41) is 4.88. The second kappa shape index (κ2) is 5.71. The molecule has 2 nitrogen and oxygen atoms in total. The highest BCUT2D eigenvalue weighted by Crippen LogP contribution is 2.24. The minimum Gasteiger partial charge on any atom is -0.357 e. The Hall–Kier alpha value is -1.51. The first-order valence-corrected chi connectivity index (χ1v) is 5.71. The number of halogens is 2. The fourth-order valence-electron chi connectivity index (χ4n) is 1.27. The summed E-state index contributed by atoms with van der Waals surface area (Å²) < 4.78 is 0.